The Bertz CT molecular complexity index is 1130. The van der Waals surface area contributed by atoms with Crippen molar-refractivity contribution in [2.24, 2.45) is 11.0 Å². The quantitative estimate of drug-likeness (QED) is 0.368. The number of hydrogen-bond acceptors (Lipinski definition) is 6. The molecular formula is C19H17FN6O3. The molecule has 3 rings (SSSR count). The van der Waals surface area contributed by atoms with Crippen LogP contribution in [0.5, 0.6) is 0 Å². The van der Waals surface area contributed by atoms with Gasteiger partial charge in [-0.15, -0.1) is 4.91 Å². The number of nitrogens with zero attached hydrogens (tertiary/aromatic N) is 5. The van der Waals surface area contributed by atoms with E-state index in [0.29, 0.717) is 22.3 Å². The van der Waals surface area contributed by atoms with Crippen LogP contribution in [0.1, 0.15) is 22.5 Å². The monoisotopic (exact) mass is 396 g/mol. The summed E-state index contributed by atoms with van der Waals surface area (Å²) in [6.07, 6.45) is 0.708. The van der Waals surface area contributed by atoms with Crippen LogP contribution in [-0.2, 0) is 0 Å². The Kier molecular flexibility index (Phi) is 5.80. The topological polar surface area (TPSA) is 127 Å². The van der Waals surface area contributed by atoms with E-state index in [9.17, 15) is 19.2 Å². The van der Waals surface area contributed by atoms with Gasteiger partial charge in [-0.05, 0) is 30.3 Å². The number of fused-ring (bicyclic) bond motifs is 1. The van der Waals surface area contributed by atoms with Crippen LogP contribution in [0.2, 0.25) is 0 Å². The number of hydrogen-bond donors (Lipinski definition) is 2. The van der Waals surface area contributed by atoms with Crippen molar-refractivity contribution in [3.05, 3.63) is 58.5 Å². The van der Waals surface area contributed by atoms with Crippen LogP contribution in [0.25, 0.3) is 16.7 Å². The van der Waals surface area contributed by atoms with Crippen LogP contribution in [0.15, 0.2) is 41.8 Å². The number of nitrogens with two attached hydrogens (primary N) is 1. The number of halogens is 1. The molecular weight excluding hydrogens is 379 g/mol. The van der Waals surface area contributed by atoms with Gasteiger partial charge in [0.1, 0.15) is 11.9 Å². The molecule has 2 heterocycles. The second-order valence-corrected chi connectivity index (χ2v) is 6.23. The van der Waals surface area contributed by atoms with Crippen molar-refractivity contribution < 1.29 is 14.3 Å². The van der Waals surface area contributed by atoms with Crippen LogP contribution in [-0.4, -0.2) is 50.5 Å². The summed E-state index contributed by atoms with van der Waals surface area (Å²) in [5, 5.41) is 18.3. The van der Waals surface area contributed by atoms with Crippen LogP contribution in [0, 0.1) is 22.6 Å². The van der Waals surface area contributed by atoms with Crippen molar-refractivity contribution in [2.75, 3.05) is 13.6 Å². The van der Waals surface area contributed by atoms with Gasteiger partial charge < -0.3 is 10.8 Å². The van der Waals surface area contributed by atoms with Crippen LogP contribution >= 0.6 is 0 Å². The van der Waals surface area contributed by atoms with Gasteiger partial charge in [-0.3, -0.25) is 9.80 Å². The van der Waals surface area contributed by atoms with Gasteiger partial charge in [-0.25, -0.2) is 14.1 Å². The van der Waals surface area contributed by atoms with Crippen molar-refractivity contribution in [3.8, 4) is 17.5 Å². The lowest BCUT2D eigenvalue weighted by Gasteiger charge is -2.08. The Morgan fingerprint density at radius 2 is 2.24 bits per heavy atom. The molecule has 0 aliphatic rings. The molecule has 0 saturated carbocycles. The largest absolute Gasteiger partial charge is 0.380 e. The van der Waals surface area contributed by atoms with E-state index in [-0.39, 0.29) is 18.7 Å². The average Bonchev–Trinajstić information content (AvgIpc) is 3.10. The predicted octanol–water partition coefficient (Wildman–Crippen LogP) is 1.37. The lowest BCUT2D eigenvalue weighted by Crippen LogP contribution is -2.17. The van der Waals surface area contributed by atoms with E-state index in [1.807, 2.05) is 0 Å². The summed E-state index contributed by atoms with van der Waals surface area (Å²) >= 11 is 0. The Morgan fingerprint density at radius 3 is 2.97 bits per heavy atom. The van der Waals surface area contributed by atoms with Gasteiger partial charge in [0, 0.05) is 31.8 Å². The molecule has 1 atom stereocenters. The average molecular weight is 396 g/mol. The first-order valence-electron chi connectivity index (χ1n) is 8.57. The fourth-order valence-corrected chi connectivity index (χ4v) is 2.67. The number of aromatic nitrogens is 3. The summed E-state index contributed by atoms with van der Waals surface area (Å²) in [6, 6.07) is 7.26. The van der Waals surface area contributed by atoms with Crippen molar-refractivity contribution in [3.63, 3.8) is 0 Å². The molecule has 1 aromatic carbocycles. The zero-order valence-corrected chi connectivity index (χ0v) is 15.4. The zero-order valence-electron chi connectivity index (χ0n) is 15.4. The molecule has 3 N–H and O–H groups in total. The SMILES string of the molecule is CN(CC[C@@H](O)C#Cc1cc(F)cc(-n2nc(C(N)=O)c3cccnc32)c1)N=O. The first kappa shape index (κ1) is 19.9. The molecule has 9 nitrogen and oxygen atoms in total. The van der Waals surface area contributed by atoms with Gasteiger partial charge in [-0.1, -0.05) is 11.8 Å². The fourth-order valence-electron chi connectivity index (χ4n) is 2.67. The standard InChI is InChI=1S/C19H17FN6O3/c1-25(24-29)8-6-15(27)5-4-12-9-13(20)11-14(10-12)26-19-16(3-2-7-22-19)17(23-26)18(21)28/h2-3,7,9-11,15,27H,6,8H2,1H3,(H2,21,28)/t15-/m0/s1. The molecule has 0 aliphatic carbocycles. The predicted molar refractivity (Wildman–Crippen MR) is 103 cm³/mol. The Labute approximate surface area is 164 Å². The maximum absolute atomic E-state index is 14.2. The third-order valence-corrected chi connectivity index (χ3v) is 4.05. The number of rotatable bonds is 6. The summed E-state index contributed by atoms with van der Waals surface area (Å²) in [4.78, 5) is 26.2. The Balaban J connectivity index is 1.95. The van der Waals surface area contributed by atoms with Gasteiger partial charge in [-0.2, -0.15) is 5.10 Å². The van der Waals surface area contributed by atoms with E-state index in [2.05, 4.69) is 27.2 Å². The summed E-state index contributed by atoms with van der Waals surface area (Å²) in [5.74, 6) is 3.99. The molecule has 0 aliphatic heterocycles. The minimum absolute atomic E-state index is 0.0216. The Morgan fingerprint density at radius 1 is 1.45 bits per heavy atom. The van der Waals surface area contributed by atoms with E-state index in [0.717, 1.165) is 5.01 Å². The molecule has 148 valence electrons. The molecule has 0 radical (unpaired) electrons. The number of primary amides is 1. The van der Waals surface area contributed by atoms with E-state index in [1.54, 1.807) is 18.2 Å². The van der Waals surface area contributed by atoms with E-state index < -0.39 is 17.8 Å². The first-order valence-corrected chi connectivity index (χ1v) is 8.57. The second-order valence-electron chi connectivity index (χ2n) is 6.23. The van der Waals surface area contributed by atoms with Gasteiger partial charge in [0.2, 0.25) is 0 Å². The van der Waals surface area contributed by atoms with Gasteiger partial charge in [0.25, 0.3) is 5.91 Å². The number of aliphatic hydroxyl groups excluding tert-OH is 1. The number of nitroso groups, excluding NO2 is 1. The number of aliphatic hydroxyl groups is 1. The van der Waals surface area contributed by atoms with Gasteiger partial charge in [0.05, 0.1) is 16.4 Å². The smallest absolute Gasteiger partial charge is 0.269 e. The second kappa shape index (κ2) is 8.45. The van der Waals surface area contributed by atoms with Crippen LogP contribution < -0.4 is 5.73 Å². The third kappa shape index (κ3) is 4.53. The molecule has 3 aromatic rings. The first-order chi connectivity index (χ1) is 13.9. The molecule has 1 amide bonds. The van der Waals surface area contributed by atoms with Crippen molar-refractivity contribution in [2.45, 2.75) is 12.5 Å². The molecule has 29 heavy (non-hydrogen) atoms. The highest BCUT2D eigenvalue weighted by molar-refractivity contribution is 6.03. The maximum atomic E-state index is 14.2. The summed E-state index contributed by atoms with van der Waals surface area (Å²) in [6.45, 7) is 0.231. The number of pyridine rings is 1. The molecule has 0 bridgehead atoms. The number of benzene rings is 1. The van der Waals surface area contributed by atoms with Crippen molar-refractivity contribution >= 4 is 16.9 Å². The third-order valence-electron chi connectivity index (χ3n) is 4.05. The highest BCUT2D eigenvalue weighted by Gasteiger charge is 2.17. The molecule has 0 unspecified atom stereocenters. The molecule has 0 saturated heterocycles. The van der Waals surface area contributed by atoms with Crippen molar-refractivity contribution in [1.82, 2.24) is 19.8 Å². The highest BCUT2D eigenvalue weighted by Crippen LogP contribution is 2.21. The summed E-state index contributed by atoms with van der Waals surface area (Å²) in [5.41, 5.74) is 6.33. The van der Waals surface area contributed by atoms with Crippen LogP contribution in [0.3, 0.4) is 0 Å². The van der Waals surface area contributed by atoms with Gasteiger partial charge >= 0.3 is 0 Å². The normalized spacial score (nSPS) is 11.6. The van der Waals surface area contributed by atoms with Crippen molar-refractivity contribution in [1.29, 1.82) is 0 Å². The molecule has 10 heteroatoms. The highest BCUT2D eigenvalue weighted by atomic mass is 19.1. The lowest BCUT2D eigenvalue weighted by atomic mass is 10.1. The van der Waals surface area contributed by atoms with E-state index in [4.69, 9.17) is 5.73 Å². The number of carbonyl (C=O) groups is 1. The fraction of sp³-hybridized carbons (Fsp3) is 0.211. The molecule has 0 spiro atoms. The molecule has 0 fully saturated rings. The minimum Gasteiger partial charge on any atom is -0.380 e. The number of carbonyl (C=O) groups excluding carboxylic acids is 1. The number of amides is 1. The maximum Gasteiger partial charge on any atom is 0.269 e. The van der Waals surface area contributed by atoms with Gasteiger partial charge in [0.15, 0.2) is 11.3 Å². The lowest BCUT2D eigenvalue weighted by molar-refractivity contribution is 0.0996. The Hall–Kier alpha value is -3.84. The molecule has 2 aromatic heterocycles. The summed E-state index contributed by atoms with van der Waals surface area (Å²) < 4.78 is 15.5. The summed E-state index contributed by atoms with van der Waals surface area (Å²) in [7, 11) is 1.48. The van der Waals surface area contributed by atoms with E-state index >= 15 is 0 Å². The zero-order chi connectivity index (χ0) is 21.0. The van der Waals surface area contributed by atoms with E-state index in [1.165, 1.54) is 30.1 Å². The van der Waals surface area contributed by atoms with Crippen LogP contribution in [0.4, 0.5) is 4.39 Å². The minimum atomic E-state index is -1.01.